The van der Waals surface area contributed by atoms with Crippen molar-refractivity contribution in [3.05, 3.63) is 68.7 Å². The number of benzene rings is 2. The monoisotopic (exact) mass is 544 g/mol. The van der Waals surface area contributed by atoms with Crippen molar-refractivity contribution in [3.8, 4) is 5.75 Å². The third kappa shape index (κ3) is 5.97. The van der Waals surface area contributed by atoms with Crippen LogP contribution < -0.4 is 20.0 Å². The summed E-state index contributed by atoms with van der Waals surface area (Å²) >= 11 is 19.0. The van der Waals surface area contributed by atoms with Crippen LogP contribution in [0.1, 0.15) is 36.8 Å². The Hall–Kier alpha value is -2.74. The zero-order chi connectivity index (χ0) is 24.9. The number of hydrazone groups is 1. The van der Waals surface area contributed by atoms with Crippen molar-refractivity contribution in [1.82, 2.24) is 9.97 Å². The van der Waals surface area contributed by atoms with Gasteiger partial charge in [-0.1, -0.05) is 53.0 Å². The van der Waals surface area contributed by atoms with Gasteiger partial charge in [-0.3, -0.25) is 5.43 Å². The molecule has 0 bridgehead atoms. The second-order valence-electron chi connectivity index (χ2n) is 8.86. The van der Waals surface area contributed by atoms with Crippen molar-refractivity contribution in [2.75, 3.05) is 41.4 Å². The molecule has 3 aromatic rings. The summed E-state index contributed by atoms with van der Waals surface area (Å²) in [5.41, 5.74) is 4.57. The third-order valence-corrected chi connectivity index (χ3v) is 7.14. The van der Waals surface area contributed by atoms with E-state index in [0.717, 1.165) is 56.4 Å². The molecule has 0 radical (unpaired) electrons. The van der Waals surface area contributed by atoms with E-state index < -0.39 is 0 Å². The van der Waals surface area contributed by atoms with Gasteiger partial charge in [0, 0.05) is 53.4 Å². The van der Waals surface area contributed by atoms with E-state index in [2.05, 4.69) is 20.3 Å². The molecular weight excluding hydrogens is 519 g/mol. The molecule has 0 atom stereocenters. The number of aromatic nitrogens is 2. The fourth-order valence-corrected chi connectivity index (χ4v) is 5.16. The standard InChI is InChI=1S/C26H27Cl3N6O/c27-20-13-19(25(22(29)14-20)36-17-18-7-1-2-8-21(18)28)16-30-33-23-15-24(34-9-3-4-10-34)32-26(31-23)35-11-5-6-12-35/h1-2,7-8,13-16H,3-6,9-12,17H2,(H,31,32,33)/b30-16-. The molecule has 0 unspecified atom stereocenters. The number of hydrogen-bond acceptors (Lipinski definition) is 7. The first-order chi connectivity index (χ1) is 17.6. The largest absolute Gasteiger partial charge is 0.487 e. The van der Waals surface area contributed by atoms with Crippen molar-refractivity contribution < 1.29 is 4.74 Å². The lowest BCUT2D eigenvalue weighted by atomic mass is 10.2. The van der Waals surface area contributed by atoms with E-state index in [1.165, 1.54) is 12.8 Å². The average Bonchev–Trinajstić information content (AvgIpc) is 3.59. The first-order valence-electron chi connectivity index (χ1n) is 12.1. The predicted octanol–water partition coefficient (Wildman–Crippen LogP) is 6.66. The van der Waals surface area contributed by atoms with Gasteiger partial charge >= 0.3 is 0 Å². The molecule has 1 aromatic heterocycles. The van der Waals surface area contributed by atoms with E-state index in [1.54, 1.807) is 18.3 Å². The Morgan fingerprint density at radius 1 is 0.889 bits per heavy atom. The average molecular weight is 546 g/mol. The molecule has 0 spiro atoms. The molecule has 36 heavy (non-hydrogen) atoms. The molecule has 188 valence electrons. The number of hydrogen-bond donors (Lipinski definition) is 1. The summed E-state index contributed by atoms with van der Waals surface area (Å²) in [6.45, 7) is 4.22. The van der Waals surface area contributed by atoms with Gasteiger partial charge in [-0.2, -0.15) is 15.1 Å². The lowest BCUT2D eigenvalue weighted by Gasteiger charge is -2.21. The third-order valence-electron chi connectivity index (χ3n) is 6.27. The minimum absolute atomic E-state index is 0.263. The van der Waals surface area contributed by atoms with Gasteiger partial charge in [0.1, 0.15) is 18.2 Å². The summed E-state index contributed by atoms with van der Waals surface area (Å²) in [5.74, 6) is 2.78. The van der Waals surface area contributed by atoms with E-state index in [1.807, 2.05) is 30.3 Å². The number of ether oxygens (including phenoxy) is 1. The van der Waals surface area contributed by atoms with Gasteiger partial charge in [-0.15, -0.1) is 0 Å². The molecule has 2 fully saturated rings. The van der Waals surface area contributed by atoms with Crippen LogP contribution in [0.3, 0.4) is 0 Å². The van der Waals surface area contributed by atoms with Gasteiger partial charge < -0.3 is 14.5 Å². The zero-order valence-electron chi connectivity index (χ0n) is 19.8. The molecule has 10 heteroatoms. The van der Waals surface area contributed by atoms with Crippen LogP contribution in [0.15, 0.2) is 47.6 Å². The molecule has 7 nitrogen and oxygen atoms in total. The zero-order valence-corrected chi connectivity index (χ0v) is 22.0. The maximum atomic E-state index is 6.47. The minimum Gasteiger partial charge on any atom is -0.487 e. The first kappa shape index (κ1) is 24.9. The van der Waals surface area contributed by atoms with Crippen LogP contribution in [0.2, 0.25) is 15.1 Å². The molecule has 1 N–H and O–H groups in total. The molecular formula is C26H27Cl3N6O. The predicted molar refractivity (Wildman–Crippen MR) is 148 cm³/mol. The SMILES string of the molecule is Clc1cc(Cl)c(OCc2ccccc2Cl)c(/C=N\Nc2cc(N3CCCC3)nc(N3CCCC3)n2)c1. The Balaban J connectivity index is 1.37. The minimum atomic E-state index is 0.263. The van der Waals surface area contributed by atoms with Gasteiger partial charge in [0.25, 0.3) is 0 Å². The molecule has 5 rings (SSSR count). The van der Waals surface area contributed by atoms with Crippen LogP contribution in [-0.2, 0) is 6.61 Å². The highest BCUT2D eigenvalue weighted by atomic mass is 35.5. The van der Waals surface area contributed by atoms with Gasteiger partial charge in [-0.25, -0.2) is 0 Å². The highest BCUT2D eigenvalue weighted by Gasteiger charge is 2.20. The lowest BCUT2D eigenvalue weighted by Crippen LogP contribution is -2.24. The summed E-state index contributed by atoms with van der Waals surface area (Å²) in [6.07, 6.45) is 6.30. The molecule has 2 aliphatic rings. The Morgan fingerprint density at radius 2 is 1.61 bits per heavy atom. The fraction of sp³-hybridized carbons (Fsp3) is 0.346. The maximum absolute atomic E-state index is 6.47. The summed E-state index contributed by atoms with van der Waals surface area (Å²) < 4.78 is 6.03. The van der Waals surface area contributed by atoms with Crippen LogP contribution in [0.25, 0.3) is 0 Å². The first-order valence-corrected chi connectivity index (χ1v) is 13.2. The smallest absolute Gasteiger partial charge is 0.229 e. The highest BCUT2D eigenvalue weighted by molar-refractivity contribution is 6.36. The summed E-state index contributed by atoms with van der Waals surface area (Å²) in [6, 6.07) is 12.9. The van der Waals surface area contributed by atoms with Crippen molar-refractivity contribution >= 4 is 58.6 Å². The van der Waals surface area contributed by atoms with Crippen LogP contribution in [0, 0.1) is 0 Å². The van der Waals surface area contributed by atoms with Crippen molar-refractivity contribution in [2.45, 2.75) is 32.3 Å². The van der Waals surface area contributed by atoms with Gasteiger partial charge in [0.15, 0.2) is 5.82 Å². The van der Waals surface area contributed by atoms with Crippen molar-refractivity contribution in [1.29, 1.82) is 0 Å². The number of anilines is 3. The van der Waals surface area contributed by atoms with Crippen LogP contribution in [0.4, 0.5) is 17.6 Å². The molecule has 0 aliphatic carbocycles. The normalized spacial score (nSPS) is 15.8. The quantitative estimate of drug-likeness (QED) is 0.252. The second kappa shape index (κ2) is 11.5. The molecule has 0 amide bonds. The summed E-state index contributed by atoms with van der Waals surface area (Å²) in [4.78, 5) is 14.1. The van der Waals surface area contributed by atoms with Crippen LogP contribution in [0.5, 0.6) is 5.75 Å². The number of nitrogens with one attached hydrogen (secondary N) is 1. The van der Waals surface area contributed by atoms with Gasteiger partial charge in [-0.05, 0) is 43.9 Å². The lowest BCUT2D eigenvalue weighted by molar-refractivity contribution is 0.306. The second-order valence-corrected chi connectivity index (χ2v) is 10.1. The van der Waals surface area contributed by atoms with E-state index in [4.69, 9.17) is 49.5 Å². The van der Waals surface area contributed by atoms with E-state index >= 15 is 0 Å². The van der Waals surface area contributed by atoms with E-state index in [0.29, 0.717) is 32.2 Å². The molecule has 0 saturated carbocycles. The molecule has 2 aromatic carbocycles. The van der Waals surface area contributed by atoms with Crippen LogP contribution in [-0.4, -0.2) is 42.4 Å². The Kier molecular flexibility index (Phi) is 7.99. The van der Waals surface area contributed by atoms with Crippen molar-refractivity contribution in [3.63, 3.8) is 0 Å². The van der Waals surface area contributed by atoms with E-state index in [-0.39, 0.29) is 6.61 Å². The topological polar surface area (TPSA) is 65.9 Å². The van der Waals surface area contributed by atoms with Crippen molar-refractivity contribution in [2.24, 2.45) is 5.10 Å². The van der Waals surface area contributed by atoms with E-state index in [9.17, 15) is 0 Å². The molecule has 2 aliphatic heterocycles. The number of nitrogens with zero attached hydrogens (tertiary/aromatic N) is 5. The number of rotatable bonds is 8. The molecule has 2 saturated heterocycles. The Labute approximate surface area is 226 Å². The van der Waals surface area contributed by atoms with Crippen LogP contribution >= 0.6 is 34.8 Å². The maximum Gasteiger partial charge on any atom is 0.229 e. The Bertz CT molecular complexity index is 1210. The Morgan fingerprint density at radius 3 is 2.36 bits per heavy atom. The molecule has 3 heterocycles. The number of halogens is 3. The summed E-state index contributed by atoms with van der Waals surface area (Å²) in [7, 11) is 0. The summed E-state index contributed by atoms with van der Waals surface area (Å²) in [5, 5.41) is 5.95. The highest BCUT2D eigenvalue weighted by Crippen LogP contribution is 2.33. The fourth-order valence-electron chi connectivity index (χ4n) is 4.41. The van der Waals surface area contributed by atoms with Gasteiger partial charge in [0.05, 0.1) is 11.2 Å². The van der Waals surface area contributed by atoms with Gasteiger partial charge in [0.2, 0.25) is 5.95 Å².